The van der Waals surface area contributed by atoms with Crippen molar-refractivity contribution in [3.63, 3.8) is 0 Å². The highest BCUT2D eigenvalue weighted by atomic mass is 79.9. The second-order valence-corrected chi connectivity index (χ2v) is 8.13. The average Bonchev–Trinajstić information content (AvgIpc) is 2.78. The number of aryl methyl sites for hydroxylation is 2. The van der Waals surface area contributed by atoms with Crippen LogP contribution in [0, 0.1) is 13.8 Å². The molecule has 5 nitrogen and oxygen atoms in total. The van der Waals surface area contributed by atoms with E-state index in [0.717, 1.165) is 21.3 Å². The van der Waals surface area contributed by atoms with Crippen LogP contribution in [0.3, 0.4) is 0 Å². The molecule has 1 heterocycles. The van der Waals surface area contributed by atoms with Crippen molar-refractivity contribution >= 4 is 27.7 Å². The number of aromatic nitrogens is 2. The van der Waals surface area contributed by atoms with Gasteiger partial charge in [-0.15, -0.1) is 0 Å². The number of hydrogen-bond acceptors (Lipinski definition) is 3. The third kappa shape index (κ3) is 4.34. The van der Waals surface area contributed by atoms with E-state index in [1.165, 1.54) is 0 Å². The Bertz CT molecular complexity index is 1300. The molecule has 0 radical (unpaired) electrons. The Morgan fingerprint density at radius 1 is 0.903 bits per heavy atom. The summed E-state index contributed by atoms with van der Waals surface area (Å²) in [6, 6.07) is 24.1. The molecule has 0 saturated heterocycles. The van der Waals surface area contributed by atoms with E-state index in [1.807, 2.05) is 61.5 Å². The standard InChI is InChI=1S/C25H20BrN3O2/c1-16-8-10-18(11-9-16)22-23(30)17(2)28-29(21-6-4-3-5-7-21)24(22)27-25(31)19-12-14-20(26)15-13-19/h3-15H,1-2H3,(H,27,31). The summed E-state index contributed by atoms with van der Waals surface area (Å²) in [7, 11) is 0. The molecular formula is C25H20BrN3O2. The van der Waals surface area contributed by atoms with Crippen LogP contribution in [0.15, 0.2) is 88.1 Å². The van der Waals surface area contributed by atoms with Crippen LogP contribution in [0.2, 0.25) is 0 Å². The van der Waals surface area contributed by atoms with Gasteiger partial charge in [-0.05, 0) is 55.8 Å². The van der Waals surface area contributed by atoms with Crippen molar-refractivity contribution < 1.29 is 4.79 Å². The van der Waals surface area contributed by atoms with Gasteiger partial charge in [0.1, 0.15) is 11.5 Å². The lowest BCUT2D eigenvalue weighted by molar-refractivity contribution is 0.102. The predicted octanol–water partition coefficient (Wildman–Crippen LogP) is 5.53. The molecule has 0 aliphatic heterocycles. The minimum atomic E-state index is -0.324. The van der Waals surface area contributed by atoms with E-state index in [1.54, 1.807) is 35.9 Å². The number of anilines is 1. The maximum Gasteiger partial charge on any atom is 0.256 e. The van der Waals surface area contributed by atoms with Gasteiger partial charge < -0.3 is 5.32 Å². The Kier molecular flexibility index (Phi) is 5.82. The van der Waals surface area contributed by atoms with Gasteiger partial charge in [-0.25, -0.2) is 4.68 Å². The lowest BCUT2D eigenvalue weighted by Gasteiger charge is -2.18. The summed E-state index contributed by atoms with van der Waals surface area (Å²) in [6.45, 7) is 3.67. The third-order valence-electron chi connectivity index (χ3n) is 4.93. The Hall–Kier alpha value is -3.51. The van der Waals surface area contributed by atoms with E-state index in [0.29, 0.717) is 22.6 Å². The highest BCUT2D eigenvalue weighted by Gasteiger charge is 2.20. The first-order chi connectivity index (χ1) is 14.9. The Morgan fingerprint density at radius 2 is 1.55 bits per heavy atom. The molecule has 1 aromatic heterocycles. The van der Waals surface area contributed by atoms with Crippen LogP contribution in [0.1, 0.15) is 21.6 Å². The molecule has 0 bridgehead atoms. The molecule has 6 heteroatoms. The van der Waals surface area contributed by atoms with Crippen molar-refractivity contribution in [1.29, 1.82) is 0 Å². The number of hydrogen-bond donors (Lipinski definition) is 1. The molecule has 31 heavy (non-hydrogen) atoms. The topological polar surface area (TPSA) is 64.0 Å². The van der Waals surface area contributed by atoms with Crippen LogP contribution >= 0.6 is 15.9 Å². The molecule has 3 aromatic carbocycles. The molecule has 1 amide bonds. The highest BCUT2D eigenvalue weighted by molar-refractivity contribution is 9.10. The van der Waals surface area contributed by atoms with E-state index in [2.05, 4.69) is 26.3 Å². The van der Waals surface area contributed by atoms with Gasteiger partial charge >= 0.3 is 0 Å². The van der Waals surface area contributed by atoms with E-state index < -0.39 is 0 Å². The minimum absolute atomic E-state index is 0.220. The molecule has 154 valence electrons. The number of para-hydroxylation sites is 1. The monoisotopic (exact) mass is 473 g/mol. The average molecular weight is 474 g/mol. The maximum atomic E-state index is 13.2. The lowest BCUT2D eigenvalue weighted by Crippen LogP contribution is -2.24. The van der Waals surface area contributed by atoms with Gasteiger partial charge in [0.05, 0.1) is 11.3 Å². The fourth-order valence-electron chi connectivity index (χ4n) is 3.28. The SMILES string of the molecule is Cc1ccc(-c2c(NC(=O)c3ccc(Br)cc3)n(-c3ccccc3)nc(C)c2=O)cc1. The Labute approximate surface area is 188 Å². The summed E-state index contributed by atoms with van der Waals surface area (Å²) in [4.78, 5) is 26.3. The smallest absolute Gasteiger partial charge is 0.256 e. The van der Waals surface area contributed by atoms with Crippen molar-refractivity contribution in [2.75, 3.05) is 5.32 Å². The number of carbonyl (C=O) groups is 1. The second kappa shape index (κ2) is 8.70. The normalized spacial score (nSPS) is 10.7. The van der Waals surface area contributed by atoms with E-state index in [4.69, 9.17) is 0 Å². The summed E-state index contributed by atoms with van der Waals surface area (Å²) in [5.41, 5.74) is 3.55. The van der Waals surface area contributed by atoms with Crippen LogP contribution in [0.4, 0.5) is 5.82 Å². The zero-order valence-corrected chi connectivity index (χ0v) is 18.7. The van der Waals surface area contributed by atoms with Crippen LogP contribution < -0.4 is 10.7 Å². The van der Waals surface area contributed by atoms with Gasteiger partial charge in [0.2, 0.25) is 5.43 Å². The van der Waals surface area contributed by atoms with Crippen LogP contribution in [-0.4, -0.2) is 15.7 Å². The molecule has 0 aliphatic rings. The fraction of sp³-hybridized carbons (Fsp3) is 0.0800. The molecule has 0 fully saturated rings. The van der Waals surface area contributed by atoms with Gasteiger partial charge in [0, 0.05) is 10.0 Å². The Morgan fingerprint density at radius 3 is 2.19 bits per heavy atom. The Balaban J connectivity index is 1.94. The van der Waals surface area contributed by atoms with Crippen LogP contribution in [0.25, 0.3) is 16.8 Å². The lowest BCUT2D eigenvalue weighted by atomic mass is 10.0. The highest BCUT2D eigenvalue weighted by Crippen LogP contribution is 2.28. The summed E-state index contributed by atoms with van der Waals surface area (Å²) in [6.07, 6.45) is 0. The molecule has 1 N–H and O–H groups in total. The van der Waals surface area contributed by atoms with Crippen molar-refractivity contribution in [1.82, 2.24) is 9.78 Å². The quantitative estimate of drug-likeness (QED) is 0.423. The van der Waals surface area contributed by atoms with E-state index in [-0.39, 0.29) is 11.3 Å². The van der Waals surface area contributed by atoms with Crippen molar-refractivity contribution in [2.45, 2.75) is 13.8 Å². The molecule has 0 spiro atoms. The molecule has 0 saturated carbocycles. The largest absolute Gasteiger partial charge is 0.306 e. The maximum absolute atomic E-state index is 13.2. The minimum Gasteiger partial charge on any atom is -0.306 e. The molecule has 4 rings (SSSR count). The van der Waals surface area contributed by atoms with E-state index >= 15 is 0 Å². The third-order valence-corrected chi connectivity index (χ3v) is 5.46. The van der Waals surface area contributed by atoms with Crippen LogP contribution in [0.5, 0.6) is 0 Å². The summed E-state index contributed by atoms with van der Waals surface area (Å²) >= 11 is 3.38. The first-order valence-electron chi connectivity index (χ1n) is 9.77. The number of nitrogens with zero attached hydrogens (tertiary/aromatic N) is 2. The van der Waals surface area contributed by atoms with Gasteiger partial charge in [-0.1, -0.05) is 64.0 Å². The van der Waals surface area contributed by atoms with Crippen molar-refractivity contribution in [2.24, 2.45) is 0 Å². The number of benzene rings is 3. The van der Waals surface area contributed by atoms with Gasteiger partial charge in [0.25, 0.3) is 5.91 Å². The van der Waals surface area contributed by atoms with Crippen molar-refractivity contribution in [3.8, 4) is 16.8 Å². The molecule has 0 atom stereocenters. The predicted molar refractivity (Wildman–Crippen MR) is 127 cm³/mol. The molecule has 4 aromatic rings. The van der Waals surface area contributed by atoms with Crippen molar-refractivity contribution in [3.05, 3.63) is 110 Å². The number of rotatable bonds is 4. The first kappa shape index (κ1) is 20.8. The number of amides is 1. The second-order valence-electron chi connectivity index (χ2n) is 7.21. The van der Waals surface area contributed by atoms with E-state index in [9.17, 15) is 9.59 Å². The summed E-state index contributed by atoms with van der Waals surface area (Å²) < 4.78 is 2.49. The molecule has 0 aliphatic carbocycles. The zero-order valence-electron chi connectivity index (χ0n) is 17.1. The fourth-order valence-corrected chi connectivity index (χ4v) is 3.54. The molecular weight excluding hydrogens is 454 g/mol. The van der Waals surface area contributed by atoms with Gasteiger partial charge in [-0.2, -0.15) is 5.10 Å². The van der Waals surface area contributed by atoms with Gasteiger partial charge in [-0.3, -0.25) is 9.59 Å². The number of carbonyl (C=O) groups excluding carboxylic acids is 1. The number of nitrogens with one attached hydrogen (secondary N) is 1. The number of halogens is 1. The summed E-state index contributed by atoms with van der Waals surface area (Å²) in [5, 5.41) is 7.43. The van der Waals surface area contributed by atoms with Gasteiger partial charge in [0.15, 0.2) is 0 Å². The first-order valence-corrected chi connectivity index (χ1v) is 10.6. The van der Waals surface area contributed by atoms with Crippen LogP contribution in [-0.2, 0) is 0 Å². The summed E-state index contributed by atoms with van der Waals surface area (Å²) in [5.74, 6) is 0.00849. The molecule has 0 unspecified atom stereocenters. The zero-order chi connectivity index (χ0) is 22.0.